The molecule has 7 rings (SSSR count). The molecule has 4 aliphatic carbocycles. The van der Waals surface area contributed by atoms with Crippen molar-refractivity contribution < 1.29 is 63.8 Å². The fraction of sp³-hybridized carbons (Fsp3) is 0.621. The monoisotopic (exact) mass is 1130 g/mol. The van der Waals surface area contributed by atoms with E-state index in [9.17, 15) is 48.9 Å². The third-order valence-corrected chi connectivity index (χ3v) is 15.8. The maximum absolute atomic E-state index is 13.9. The van der Waals surface area contributed by atoms with E-state index in [2.05, 4.69) is 36.7 Å². The van der Waals surface area contributed by atoms with Crippen LogP contribution in [-0.4, -0.2) is 253 Å². The number of allylic oxidation sites excluding steroid dienone is 5. The van der Waals surface area contributed by atoms with E-state index in [-0.39, 0.29) is 66.9 Å². The fourth-order valence-electron chi connectivity index (χ4n) is 11.9. The van der Waals surface area contributed by atoms with Crippen LogP contribution >= 0.6 is 0 Å². The van der Waals surface area contributed by atoms with Crippen molar-refractivity contribution in [3.05, 3.63) is 60.8 Å². The summed E-state index contributed by atoms with van der Waals surface area (Å²) in [6.07, 6.45) is 16.3. The second-order valence-corrected chi connectivity index (χ2v) is 22.3. The normalized spacial score (nSPS) is 21.9. The van der Waals surface area contributed by atoms with Gasteiger partial charge in [0.2, 0.25) is 12.3 Å². The molecule has 0 atom stereocenters. The number of hydrogen-bond donors (Lipinski definition) is 4. The van der Waals surface area contributed by atoms with Gasteiger partial charge in [0.15, 0.2) is 5.69 Å². The molecule has 1 aromatic carbocycles. The molecule has 4 bridgehead atoms. The van der Waals surface area contributed by atoms with Crippen LogP contribution in [0.1, 0.15) is 69.3 Å². The molecule has 5 fully saturated rings. The van der Waals surface area contributed by atoms with Crippen molar-refractivity contribution in [1.82, 2.24) is 49.4 Å². The van der Waals surface area contributed by atoms with Crippen LogP contribution in [0, 0.1) is 29.6 Å². The Kier molecular flexibility index (Phi) is 27.1. The highest BCUT2D eigenvalue weighted by atomic mass is 16.5. The molecule has 5 aliphatic rings. The van der Waals surface area contributed by atoms with Crippen LogP contribution in [0.4, 0.5) is 0 Å². The lowest BCUT2D eigenvalue weighted by Gasteiger charge is -2.59. The van der Waals surface area contributed by atoms with E-state index in [0.29, 0.717) is 100 Å². The maximum atomic E-state index is 13.9. The van der Waals surface area contributed by atoms with Crippen molar-refractivity contribution >= 4 is 48.1 Å². The predicted molar refractivity (Wildman–Crippen MR) is 308 cm³/mol. The second-order valence-electron chi connectivity index (χ2n) is 22.3. The number of carbonyl (C=O) groups is 7. The summed E-state index contributed by atoms with van der Waals surface area (Å²) in [5, 5.41) is 36.0. The third kappa shape index (κ3) is 19.9. The van der Waals surface area contributed by atoms with E-state index in [1.54, 1.807) is 69.6 Å². The van der Waals surface area contributed by atoms with Gasteiger partial charge in [0.25, 0.3) is 5.91 Å². The molecule has 4 saturated carbocycles. The summed E-state index contributed by atoms with van der Waals surface area (Å²) in [4.78, 5) is 97.1. The van der Waals surface area contributed by atoms with Gasteiger partial charge >= 0.3 is 17.9 Å². The van der Waals surface area contributed by atoms with Crippen molar-refractivity contribution in [3.8, 4) is 22.8 Å². The number of aliphatic carboxylic acids is 3. The Balaban J connectivity index is 0.000000344. The summed E-state index contributed by atoms with van der Waals surface area (Å²) in [7, 11) is 8.72. The highest BCUT2D eigenvalue weighted by Gasteiger charge is 2.58. The zero-order chi connectivity index (χ0) is 58.5. The SMILES string of the molecule is C=C/C=C\C(=C\C(C)C)n1nc(C(=O)NC2(C=O)C3CC4CC(C3)CC2C4)cc1-c1c(OC)cccc1OC.CN(C=O)CCCN(C)CCCN(C)C(=O)CN1CCN(CC(=O)O)CCN(CC(=O)O)CCN(CC(=O)O)CC1.O. The van der Waals surface area contributed by atoms with Gasteiger partial charge < -0.3 is 55.1 Å². The van der Waals surface area contributed by atoms with Gasteiger partial charge in [-0.15, -0.1) is 0 Å². The van der Waals surface area contributed by atoms with Gasteiger partial charge in [-0.3, -0.25) is 48.4 Å². The molecule has 0 radical (unpaired) electrons. The lowest BCUT2D eigenvalue weighted by molar-refractivity contribution is -0.140. The summed E-state index contributed by atoms with van der Waals surface area (Å²) in [6.45, 7) is 13.3. The first-order valence-electron chi connectivity index (χ1n) is 28.0. The maximum Gasteiger partial charge on any atom is 0.317 e. The summed E-state index contributed by atoms with van der Waals surface area (Å²) >= 11 is 0. The summed E-state index contributed by atoms with van der Waals surface area (Å²) in [5.41, 5.74) is 1.55. The predicted octanol–water partition coefficient (Wildman–Crippen LogP) is 2.83. The molecule has 2 heterocycles. The average Bonchev–Trinajstić information content (AvgIpc) is 3.96. The Morgan fingerprint density at radius 2 is 1.21 bits per heavy atom. The van der Waals surface area contributed by atoms with E-state index < -0.39 is 23.4 Å². The van der Waals surface area contributed by atoms with Gasteiger partial charge in [-0.25, -0.2) is 4.68 Å². The number of rotatable bonds is 27. The minimum atomic E-state index is -1.01. The molecule has 81 heavy (non-hydrogen) atoms. The highest BCUT2D eigenvalue weighted by molar-refractivity contribution is 5.97. The lowest BCUT2D eigenvalue weighted by Crippen LogP contribution is -2.67. The van der Waals surface area contributed by atoms with Crippen LogP contribution in [0.3, 0.4) is 0 Å². The van der Waals surface area contributed by atoms with Gasteiger partial charge in [0.1, 0.15) is 23.3 Å². The first-order valence-corrected chi connectivity index (χ1v) is 28.0. The minimum Gasteiger partial charge on any atom is -0.496 e. The molecule has 1 aliphatic heterocycles. The van der Waals surface area contributed by atoms with Gasteiger partial charge in [-0.2, -0.15) is 5.10 Å². The first kappa shape index (κ1) is 67.0. The average molecular weight is 1140 g/mol. The smallest absolute Gasteiger partial charge is 0.317 e. The Bertz CT molecular complexity index is 2400. The highest BCUT2D eigenvalue weighted by Crippen LogP contribution is 2.57. The quantitative estimate of drug-likeness (QED) is 0.0739. The number of carboxylic acids is 3. The Labute approximate surface area is 477 Å². The molecule has 6 N–H and O–H groups in total. The number of methoxy groups -OCH3 is 2. The van der Waals surface area contributed by atoms with E-state index in [4.69, 9.17) is 14.6 Å². The number of aromatic nitrogens is 2. The van der Waals surface area contributed by atoms with Gasteiger partial charge in [-0.05, 0) is 119 Å². The number of hydrogen-bond acceptors (Lipinski definition) is 15. The van der Waals surface area contributed by atoms with E-state index >= 15 is 0 Å². The number of likely N-dealkylation sites (N-methyl/N-ethyl adjacent to an activating group) is 1. The zero-order valence-electron chi connectivity index (χ0n) is 48.7. The number of benzene rings is 1. The van der Waals surface area contributed by atoms with Crippen molar-refractivity contribution in [2.24, 2.45) is 29.6 Å². The molecule has 0 spiro atoms. The largest absolute Gasteiger partial charge is 0.496 e. The number of nitrogens with zero attached hydrogens (tertiary/aromatic N) is 9. The molecule has 0 unspecified atom stereocenters. The minimum absolute atomic E-state index is 0. The number of amides is 3. The van der Waals surface area contributed by atoms with Gasteiger partial charge in [-0.1, -0.05) is 44.7 Å². The number of aldehydes is 1. The van der Waals surface area contributed by atoms with Gasteiger partial charge in [0, 0.05) is 79.5 Å². The van der Waals surface area contributed by atoms with Crippen molar-refractivity contribution in [2.75, 3.05) is 140 Å². The molecule has 2 aromatic rings. The van der Waals surface area contributed by atoms with Crippen LogP contribution in [0.5, 0.6) is 11.5 Å². The van der Waals surface area contributed by atoms with Crippen molar-refractivity contribution in [2.45, 2.75) is 64.3 Å². The fourth-order valence-corrected chi connectivity index (χ4v) is 11.9. The third-order valence-electron chi connectivity index (χ3n) is 15.8. The summed E-state index contributed by atoms with van der Waals surface area (Å²) in [5.74, 6) is -0.220. The summed E-state index contributed by atoms with van der Waals surface area (Å²) in [6, 6.07) is 7.34. The first-order chi connectivity index (χ1) is 38.2. The molecule has 23 heteroatoms. The van der Waals surface area contributed by atoms with Crippen molar-refractivity contribution in [1.29, 1.82) is 0 Å². The zero-order valence-corrected chi connectivity index (χ0v) is 48.7. The van der Waals surface area contributed by atoms with Gasteiger partial charge in [0.05, 0.1) is 57.4 Å². The molecule has 450 valence electrons. The van der Waals surface area contributed by atoms with Crippen LogP contribution in [0.2, 0.25) is 0 Å². The Morgan fingerprint density at radius 3 is 1.63 bits per heavy atom. The van der Waals surface area contributed by atoms with Crippen molar-refractivity contribution in [3.63, 3.8) is 0 Å². The number of nitrogens with one attached hydrogen (secondary N) is 1. The van der Waals surface area contributed by atoms with Crippen LogP contribution in [0.25, 0.3) is 17.0 Å². The molecule has 1 saturated heterocycles. The number of carboxylic acid groups (broad SMARTS) is 3. The topological polar surface area (TPSA) is 283 Å². The number of carbonyl (C=O) groups excluding carboxylic acids is 4. The van der Waals surface area contributed by atoms with Crippen LogP contribution in [0.15, 0.2) is 55.1 Å². The molecular weight excluding hydrogens is 1040 g/mol. The van der Waals surface area contributed by atoms with Crippen LogP contribution < -0.4 is 14.8 Å². The Morgan fingerprint density at radius 1 is 0.741 bits per heavy atom. The van der Waals surface area contributed by atoms with E-state index in [1.807, 2.05) is 42.3 Å². The standard InChI is InChI=1S/C32H39N3O4.C26H49N7O8.H2O/c1-6-7-9-25(12-20(2)3)35-27(30-28(38-4)10-8-11-29(30)39-5)18-26(34-35)31(37)33-32(19-36)23-14-21-13-22(16-23)17-24(32)15-21;1-27(6-4-8-28(2)22-34)7-5-9-29(3)23(35)18-30-10-12-31(19-24(36)37)14-16-33(21-26(40)41)17-15-32(13-11-30)20-25(38)39;/h6-12,18-24H,1,13-17H2,2-5H3,(H,33,37);22H,4-21H2,1-3H3,(H,36,37)(H,38,39)(H,40,41);1H2/b9-7-,25-12-;;. The van der Waals surface area contributed by atoms with E-state index in [0.717, 1.165) is 70.0 Å². The lowest BCUT2D eigenvalue weighted by atomic mass is 9.49. The molecule has 23 nitrogen and oxygen atoms in total. The molecular formula is C58H90N10O13. The molecule has 1 aromatic heterocycles. The van der Waals surface area contributed by atoms with E-state index in [1.165, 1.54) is 6.42 Å². The molecule has 3 amide bonds. The Hall–Kier alpha value is -6.50. The second kappa shape index (κ2) is 32.8. The summed E-state index contributed by atoms with van der Waals surface area (Å²) < 4.78 is 13.2. The number of ether oxygens (including phenoxy) is 2. The van der Waals surface area contributed by atoms with Crippen LogP contribution in [-0.2, 0) is 28.8 Å².